The maximum Gasteiger partial charge on any atom is 0.293 e. The first-order valence-electron chi connectivity index (χ1n) is 8.86. The molecule has 0 N–H and O–H groups in total. The van der Waals surface area contributed by atoms with E-state index in [0.29, 0.717) is 22.1 Å². The Hall–Kier alpha value is -2.88. The van der Waals surface area contributed by atoms with Crippen LogP contribution in [0.25, 0.3) is 17.4 Å². The molecule has 2 heterocycles. The number of nitro benzene ring substituents is 1. The van der Waals surface area contributed by atoms with Gasteiger partial charge in [0.25, 0.3) is 16.8 Å². The van der Waals surface area contributed by atoms with Crippen molar-refractivity contribution in [1.29, 1.82) is 0 Å². The third kappa shape index (κ3) is 4.58. The minimum Gasteiger partial charge on any atom is -0.457 e. The lowest BCUT2D eigenvalue weighted by Crippen LogP contribution is -2.27. The van der Waals surface area contributed by atoms with Crippen LogP contribution in [-0.2, 0) is 11.3 Å². The molecule has 0 aliphatic carbocycles. The molecule has 0 unspecified atom stereocenters. The predicted octanol–water partition coefficient (Wildman–Crippen LogP) is 6.51. The number of furan rings is 1. The molecule has 1 aliphatic heterocycles. The zero-order valence-electron chi connectivity index (χ0n) is 15.6. The van der Waals surface area contributed by atoms with Crippen molar-refractivity contribution in [3.63, 3.8) is 0 Å². The van der Waals surface area contributed by atoms with Crippen LogP contribution >= 0.6 is 39.3 Å². The molecule has 2 amide bonds. The molecule has 1 saturated heterocycles. The highest BCUT2D eigenvalue weighted by Gasteiger charge is 2.35. The second-order valence-electron chi connectivity index (χ2n) is 6.52. The summed E-state index contributed by atoms with van der Waals surface area (Å²) in [6.07, 6.45) is 1.47. The van der Waals surface area contributed by atoms with E-state index in [1.807, 2.05) is 24.3 Å². The Bertz CT molecular complexity index is 1240. The van der Waals surface area contributed by atoms with E-state index in [-0.39, 0.29) is 22.4 Å². The van der Waals surface area contributed by atoms with Crippen LogP contribution in [0.1, 0.15) is 11.3 Å². The predicted molar refractivity (Wildman–Crippen MR) is 121 cm³/mol. The van der Waals surface area contributed by atoms with E-state index in [2.05, 4.69) is 15.9 Å². The standard InChI is InChI=1S/C21H12BrClN2O5S/c22-13-3-1-12(2-4-13)11-24-20(26)19(31-21(24)27)10-15-6-8-18(30-15)16-9-14(25(28)29)5-7-17(16)23/h1-10H,11H2/b19-10-. The normalized spacial score (nSPS) is 15.2. The lowest BCUT2D eigenvalue weighted by molar-refractivity contribution is -0.384. The molecule has 1 fully saturated rings. The van der Waals surface area contributed by atoms with Crippen molar-refractivity contribution in [1.82, 2.24) is 4.90 Å². The van der Waals surface area contributed by atoms with Crippen LogP contribution in [0.3, 0.4) is 0 Å². The molecule has 7 nitrogen and oxygen atoms in total. The van der Waals surface area contributed by atoms with E-state index in [1.54, 1.807) is 12.1 Å². The van der Waals surface area contributed by atoms with Crippen LogP contribution in [-0.4, -0.2) is 21.0 Å². The van der Waals surface area contributed by atoms with E-state index in [1.165, 1.54) is 29.2 Å². The van der Waals surface area contributed by atoms with Crippen molar-refractivity contribution in [3.8, 4) is 11.3 Å². The molecule has 3 aromatic rings. The summed E-state index contributed by atoms with van der Waals surface area (Å²) in [5.41, 5.74) is 1.07. The summed E-state index contributed by atoms with van der Waals surface area (Å²) in [5, 5.41) is 10.9. The van der Waals surface area contributed by atoms with Crippen LogP contribution in [0.4, 0.5) is 10.5 Å². The van der Waals surface area contributed by atoms with Crippen molar-refractivity contribution >= 4 is 62.2 Å². The van der Waals surface area contributed by atoms with Crippen LogP contribution < -0.4 is 0 Å². The molecule has 4 rings (SSSR count). The van der Waals surface area contributed by atoms with Gasteiger partial charge in [-0.1, -0.05) is 39.7 Å². The number of halogens is 2. The Morgan fingerprint density at radius 1 is 1.13 bits per heavy atom. The molecule has 0 saturated carbocycles. The number of nitrogens with zero attached hydrogens (tertiary/aromatic N) is 2. The third-order valence-corrected chi connectivity index (χ3v) is 6.22. The SMILES string of the molecule is O=C1S/C(=C\c2ccc(-c3cc([N+](=O)[O-])ccc3Cl)o2)C(=O)N1Cc1ccc(Br)cc1. The summed E-state index contributed by atoms with van der Waals surface area (Å²) in [6, 6.07) is 14.6. The molecule has 156 valence electrons. The van der Waals surface area contributed by atoms with Gasteiger partial charge >= 0.3 is 0 Å². The van der Waals surface area contributed by atoms with E-state index in [9.17, 15) is 19.7 Å². The maximum atomic E-state index is 12.7. The summed E-state index contributed by atoms with van der Waals surface area (Å²) >= 11 is 10.3. The van der Waals surface area contributed by atoms with Gasteiger partial charge in [0.2, 0.25) is 0 Å². The third-order valence-electron chi connectivity index (χ3n) is 4.45. The lowest BCUT2D eigenvalue weighted by Gasteiger charge is -2.12. The Kier molecular flexibility index (Phi) is 5.99. The van der Waals surface area contributed by atoms with Gasteiger partial charge in [0.05, 0.1) is 21.4 Å². The quantitative estimate of drug-likeness (QED) is 0.217. The number of imide groups is 1. The number of thioether (sulfide) groups is 1. The average molecular weight is 520 g/mol. The largest absolute Gasteiger partial charge is 0.457 e. The van der Waals surface area contributed by atoms with Gasteiger partial charge in [0, 0.05) is 28.2 Å². The first kappa shape index (κ1) is 21.4. The summed E-state index contributed by atoms with van der Waals surface area (Å²) in [6.45, 7) is 0.169. The second kappa shape index (κ2) is 8.70. The number of rotatable bonds is 5. The highest BCUT2D eigenvalue weighted by atomic mass is 79.9. The van der Waals surface area contributed by atoms with E-state index < -0.39 is 10.8 Å². The van der Waals surface area contributed by atoms with Gasteiger partial charge in [-0.15, -0.1) is 0 Å². The number of carbonyl (C=O) groups excluding carboxylic acids is 2. The van der Waals surface area contributed by atoms with Crippen LogP contribution in [0, 0.1) is 10.1 Å². The van der Waals surface area contributed by atoms with Crippen LogP contribution in [0.2, 0.25) is 5.02 Å². The Morgan fingerprint density at radius 3 is 2.58 bits per heavy atom. The topological polar surface area (TPSA) is 93.7 Å². The van der Waals surface area contributed by atoms with Crippen LogP contribution in [0.5, 0.6) is 0 Å². The minimum atomic E-state index is -0.523. The average Bonchev–Trinajstić information content (AvgIpc) is 3.30. The second-order valence-corrected chi connectivity index (χ2v) is 8.83. The van der Waals surface area contributed by atoms with Crippen molar-refractivity contribution in [2.24, 2.45) is 0 Å². The highest BCUT2D eigenvalue weighted by molar-refractivity contribution is 9.10. The maximum absolute atomic E-state index is 12.7. The Balaban J connectivity index is 1.56. The van der Waals surface area contributed by atoms with Gasteiger partial charge in [-0.05, 0) is 47.7 Å². The molecule has 0 bridgehead atoms. The van der Waals surface area contributed by atoms with Gasteiger partial charge in [-0.2, -0.15) is 0 Å². The summed E-state index contributed by atoms with van der Waals surface area (Å²) < 4.78 is 6.62. The van der Waals surface area contributed by atoms with Crippen molar-refractivity contribution in [3.05, 3.63) is 90.4 Å². The minimum absolute atomic E-state index is 0.119. The van der Waals surface area contributed by atoms with Crippen LogP contribution in [0.15, 0.2) is 68.4 Å². The van der Waals surface area contributed by atoms with E-state index in [4.69, 9.17) is 16.0 Å². The van der Waals surface area contributed by atoms with Gasteiger partial charge < -0.3 is 4.42 Å². The monoisotopic (exact) mass is 518 g/mol. The number of carbonyl (C=O) groups is 2. The zero-order chi connectivity index (χ0) is 22.1. The van der Waals surface area contributed by atoms with Crippen molar-refractivity contribution in [2.75, 3.05) is 0 Å². The van der Waals surface area contributed by atoms with Gasteiger partial charge in [0.1, 0.15) is 11.5 Å². The smallest absolute Gasteiger partial charge is 0.293 e. The molecule has 0 atom stereocenters. The molecular weight excluding hydrogens is 508 g/mol. The molecule has 31 heavy (non-hydrogen) atoms. The zero-order valence-corrected chi connectivity index (χ0v) is 18.7. The summed E-state index contributed by atoms with van der Waals surface area (Å²) in [4.78, 5) is 36.9. The first-order valence-corrected chi connectivity index (χ1v) is 10.8. The van der Waals surface area contributed by atoms with Gasteiger partial charge in [-0.25, -0.2) is 0 Å². The van der Waals surface area contributed by atoms with E-state index >= 15 is 0 Å². The van der Waals surface area contributed by atoms with Gasteiger partial charge in [-0.3, -0.25) is 24.6 Å². The Morgan fingerprint density at radius 2 is 1.87 bits per heavy atom. The highest BCUT2D eigenvalue weighted by Crippen LogP contribution is 2.36. The number of amides is 2. The fraction of sp³-hybridized carbons (Fsp3) is 0.0476. The Labute approximate surface area is 193 Å². The fourth-order valence-electron chi connectivity index (χ4n) is 2.93. The molecule has 1 aromatic heterocycles. The number of benzene rings is 2. The fourth-order valence-corrected chi connectivity index (χ4v) is 4.22. The summed E-state index contributed by atoms with van der Waals surface area (Å²) in [5.74, 6) is 0.227. The molecule has 0 spiro atoms. The number of nitro groups is 1. The van der Waals surface area contributed by atoms with Gasteiger partial charge in [0.15, 0.2) is 0 Å². The van der Waals surface area contributed by atoms with Crippen molar-refractivity contribution in [2.45, 2.75) is 6.54 Å². The summed E-state index contributed by atoms with van der Waals surface area (Å²) in [7, 11) is 0. The van der Waals surface area contributed by atoms with E-state index in [0.717, 1.165) is 21.8 Å². The molecule has 0 radical (unpaired) electrons. The first-order chi connectivity index (χ1) is 14.8. The lowest BCUT2D eigenvalue weighted by atomic mass is 10.1. The number of non-ortho nitro benzene ring substituents is 1. The molecule has 1 aliphatic rings. The number of hydrogen-bond donors (Lipinski definition) is 0. The molecule has 2 aromatic carbocycles. The molecule has 10 heteroatoms. The number of hydrogen-bond acceptors (Lipinski definition) is 6. The molecular formula is C21H12BrClN2O5S. The van der Waals surface area contributed by atoms with Crippen molar-refractivity contribution < 1.29 is 18.9 Å².